The zero-order chi connectivity index (χ0) is 12.3. The van der Waals surface area contributed by atoms with Gasteiger partial charge in [0.1, 0.15) is 17.2 Å². The van der Waals surface area contributed by atoms with Gasteiger partial charge >= 0.3 is 0 Å². The maximum atomic E-state index is 10.6. The monoisotopic (exact) mass is 312 g/mol. The predicted molar refractivity (Wildman–Crippen MR) is 70.5 cm³/mol. The smallest absolute Gasteiger partial charge is 0.160 e. The van der Waals surface area contributed by atoms with Crippen molar-refractivity contribution in [2.75, 3.05) is 7.11 Å². The molecule has 0 saturated heterocycles. The molecule has 0 unspecified atom stereocenters. The first kappa shape index (κ1) is 12.1. The summed E-state index contributed by atoms with van der Waals surface area (Å²) in [7, 11) is 1.61. The number of hydrogen-bond acceptors (Lipinski definition) is 4. The molecule has 3 nitrogen and oxygen atoms in total. The second-order valence-corrected chi connectivity index (χ2v) is 5.00. The van der Waals surface area contributed by atoms with Crippen molar-refractivity contribution in [3.8, 4) is 17.2 Å². The van der Waals surface area contributed by atoms with Crippen LogP contribution in [0.2, 0.25) is 0 Å². The summed E-state index contributed by atoms with van der Waals surface area (Å²) < 4.78 is 11.5. The largest absolute Gasteiger partial charge is 0.497 e. The standard InChI is InChI=1S/C12H9BrO3S/c1-15-8-2-3-12(11(13)5-8)16-9-4-10(6-14)17-7-9/h2-7H,1H3. The molecule has 0 fully saturated rings. The van der Waals surface area contributed by atoms with E-state index in [2.05, 4.69) is 15.9 Å². The number of hydrogen-bond donors (Lipinski definition) is 0. The Balaban J connectivity index is 2.20. The molecular weight excluding hydrogens is 304 g/mol. The molecule has 17 heavy (non-hydrogen) atoms. The number of rotatable bonds is 4. The molecule has 0 atom stereocenters. The fourth-order valence-corrected chi connectivity index (χ4v) is 2.31. The van der Waals surface area contributed by atoms with Crippen LogP contribution in [0, 0.1) is 0 Å². The number of methoxy groups -OCH3 is 1. The maximum Gasteiger partial charge on any atom is 0.160 e. The van der Waals surface area contributed by atoms with Gasteiger partial charge in [-0.05, 0) is 34.1 Å². The molecule has 0 bridgehead atoms. The zero-order valence-corrected chi connectivity index (χ0v) is 11.4. The van der Waals surface area contributed by atoms with Gasteiger partial charge in [-0.2, -0.15) is 0 Å². The van der Waals surface area contributed by atoms with E-state index < -0.39 is 0 Å². The third-order valence-electron chi connectivity index (χ3n) is 2.08. The van der Waals surface area contributed by atoms with E-state index in [-0.39, 0.29) is 0 Å². The first-order valence-electron chi connectivity index (χ1n) is 4.78. The summed E-state index contributed by atoms with van der Waals surface area (Å²) in [5, 5.41) is 1.79. The SMILES string of the molecule is COc1ccc(Oc2csc(C=O)c2)c(Br)c1. The second kappa shape index (κ2) is 5.33. The Labute approximate surface area is 111 Å². The minimum absolute atomic E-state index is 0.643. The average Bonchev–Trinajstić information content (AvgIpc) is 2.79. The number of benzene rings is 1. The van der Waals surface area contributed by atoms with Gasteiger partial charge in [0.2, 0.25) is 0 Å². The van der Waals surface area contributed by atoms with Gasteiger partial charge in [-0.1, -0.05) is 0 Å². The molecule has 0 amide bonds. The third kappa shape index (κ3) is 2.87. The summed E-state index contributed by atoms with van der Waals surface area (Å²) in [6, 6.07) is 7.14. The average molecular weight is 313 g/mol. The molecule has 1 heterocycles. The number of ether oxygens (including phenoxy) is 2. The molecule has 5 heteroatoms. The van der Waals surface area contributed by atoms with Gasteiger partial charge in [0, 0.05) is 11.4 Å². The van der Waals surface area contributed by atoms with Crippen molar-refractivity contribution in [1.82, 2.24) is 0 Å². The fraction of sp³-hybridized carbons (Fsp3) is 0.0833. The van der Waals surface area contributed by atoms with Gasteiger partial charge in [-0.15, -0.1) is 11.3 Å². The van der Waals surface area contributed by atoms with E-state index in [0.29, 0.717) is 16.4 Å². The minimum Gasteiger partial charge on any atom is -0.497 e. The third-order valence-corrected chi connectivity index (χ3v) is 3.53. The molecule has 0 saturated carbocycles. The van der Waals surface area contributed by atoms with E-state index in [0.717, 1.165) is 16.5 Å². The highest BCUT2D eigenvalue weighted by molar-refractivity contribution is 9.10. The topological polar surface area (TPSA) is 35.5 Å². The van der Waals surface area contributed by atoms with E-state index in [1.54, 1.807) is 24.6 Å². The fourth-order valence-electron chi connectivity index (χ4n) is 1.27. The van der Waals surface area contributed by atoms with E-state index in [1.807, 2.05) is 12.1 Å². The van der Waals surface area contributed by atoms with Gasteiger partial charge in [-0.3, -0.25) is 4.79 Å². The lowest BCUT2D eigenvalue weighted by Crippen LogP contribution is -1.86. The van der Waals surface area contributed by atoms with Crippen LogP contribution in [0.25, 0.3) is 0 Å². The summed E-state index contributed by atoms with van der Waals surface area (Å²) in [6.07, 6.45) is 0.806. The molecule has 2 rings (SSSR count). The van der Waals surface area contributed by atoms with Gasteiger partial charge in [0.15, 0.2) is 6.29 Å². The van der Waals surface area contributed by atoms with Crippen molar-refractivity contribution in [3.63, 3.8) is 0 Å². The van der Waals surface area contributed by atoms with Crippen LogP contribution in [0.4, 0.5) is 0 Å². The van der Waals surface area contributed by atoms with Gasteiger partial charge < -0.3 is 9.47 Å². The van der Waals surface area contributed by atoms with Crippen molar-refractivity contribution in [2.45, 2.75) is 0 Å². The minimum atomic E-state index is 0.643. The molecule has 0 N–H and O–H groups in total. The summed E-state index contributed by atoms with van der Waals surface area (Å²) in [5.74, 6) is 2.09. The molecular formula is C12H9BrO3S. The zero-order valence-electron chi connectivity index (χ0n) is 8.98. The number of halogens is 1. The van der Waals surface area contributed by atoms with Crippen LogP contribution in [-0.2, 0) is 0 Å². The lowest BCUT2D eigenvalue weighted by atomic mass is 10.3. The van der Waals surface area contributed by atoms with Crippen LogP contribution >= 0.6 is 27.3 Å². The summed E-state index contributed by atoms with van der Waals surface area (Å²) >= 11 is 4.75. The molecule has 1 aromatic carbocycles. The van der Waals surface area contributed by atoms with E-state index in [9.17, 15) is 4.79 Å². The lowest BCUT2D eigenvalue weighted by molar-refractivity contribution is 0.112. The first-order valence-corrected chi connectivity index (χ1v) is 6.45. The number of thiophene rings is 1. The Morgan fingerprint density at radius 2 is 2.12 bits per heavy atom. The summed E-state index contributed by atoms with van der Waals surface area (Å²) in [6.45, 7) is 0. The second-order valence-electron chi connectivity index (χ2n) is 3.20. The highest BCUT2D eigenvalue weighted by Gasteiger charge is 2.06. The lowest BCUT2D eigenvalue weighted by Gasteiger charge is -2.07. The summed E-state index contributed by atoms with van der Waals surface area (Å²) in [5.41, 5.74) is 0. The number of carbonyl (C=O) groups is 1. The van der Waals surface area contributed by atoms with E-state index in [1.165, 1.54) is 11.3 Å². The molecule has 2 aromatic rings. The van der Waals surface area contributed by atoms with E-state index in [4.69, 9.17) is 9.47 Å². The van der Waals surface area contributed by atoms with Crippen molar-refractivity contribution in [3.05, 3.63) is 39.0 Å². The van der Waals surface area contributed by atoms with Crippen LogP contribution in [-0.4, -0.2) is 13.4 Å². The van der Waals surface area contributed by atoms with Crippen LogP contribution < -0.4 is 9.47 Å². The first-order chi connectivity index (χ1) is 8.22. The normalized spacial score (nSPS) is 10.0. The molecule has 0 spiro atoms. The van der Waals surface area contributed by atoms with E-state index >= 15 is 0 Å². The highest BCUT2D eigenvalue weighted by Crippen LogP contribution is 2.34. The quantitative estimate of drug-likeness (QED) is 0.796. The number of carbonyl (C=O) groups excluding carboxylic acids is 1. The van der Waals surface area contributed by atoms with Crippen molar-refractivity contribution >= 4 is 33.6 Å². The van der Waals surface area contributed by atoms with Gasteiger partial charge in [-0.25, -0.2) is 0 Å². The van der Waals surface area contributed by atoms with Crippen LogP contribution in [0.5, 0.6) is 17.2 Å². The highest BCUT2D eigenvalue weighted by atomic mass is 79.9. The Kier molecular flexibility index (Phi) is 3.81. The Morgan fingerprint density at radius 3 is 2.71 bits per heavy atom. The maximum absolute atomic E-state index is 10.6. The van der Waals surface area contributed by atoms with Crippen LogP contribution in [0.1, 0.15) is 9.67 Å². The van der Waals surface area contributed by atoms with Crippen molar-refractivity contribution in [2.24, 2.45) is 0 Å². The summed E-state index contributed by atoms with van der Waals surface area (Å²) in [4.78, 5) is 11.2. The molecule has 88 valence electrons. The van der Waals surface area contributed by atoms with Gasteiger partial charge in [0.05, 0.1) is 16.5 Å². The Hall–Kier alpha value is -1.33. The van der Waals surface area contributed by atoms with Crippen LogP contribution in [0.15, 0.2) is 34.1 Å². The Morgan fingerprint density at radius 1 is 1.29 bits per heavy atom. The molecule has 0 radical (unpaired) electrons. The van der Waals surface area contributed by atoms with Crippen molar-refractivity contribution < 1.29 is 14.3 Å². The Bertz CT molecular complexity index is 536. The van der Waals surface area contributed by atoms with Crippen LogP contribution in [0.3, 0.4) is 0 Å². The number of aldehydes is 1. The molecule has 0 aliphatic rings. The van der Waals surface area contributed by atoms with Crippen molar-refractivity contribution in [1.29, 1.82) is 0 Å². The van der Waals surface area contributed by atoms with Gasteiger partial charge in [0.25, 0.3) is 0 Å². The molecule has 1 aromatic heterocycles. The molecule has 0 aliphatic heterocycles. The predicted octanol–water partition coefficient (Wildman–Crippen LogP) is 4.12. The molecule has 0 aliphatic carbocycles.